The van der Waals surface area contributed by atoms with Gasteiger partial charge in [0.05, 0.1) is 5.56 Å². The Bertz CT molecular complexity index is 564. The van der Waals surface area contributed by atoms with Gasteiger partial charge in [-0.1, -0.05) is 24.3 Å². The van der Waals surface area contributed by atoms with Crippen LogP contribution in [0.1, 0.15) is 21.5 Å². The van der Waals surface area contributed by atoms with Crippen LogP contribution in [0.25, 0.3) is 0 Å². The summed E-state index contributed by atoms with van der Waals surface area (Å²) in [6.07, 6.45) is 0.758. The van der Waals surface area contributed by atoms with Crippen molar-refractivity contribution in [3.05, 3.63) is 65.0 Å². The molecular weight excluding hydrogens is 231 g/mol. The molecule has 0 aliphatic carbocycles. The molecular formula is C15H13FO2. The number of para-hydroxylation sites is 1. The minimum atomic E-state index is -0.295. The lowest BCUT2D eigenvalue weighted by Gasteiger charge is -2.11. The fourth-order valence-corrected chi connectivity index (χ4v) is 1.75. The summed E-state index contributed by atoms with van der Waals surface area (Å²) in [5.41, 5.74) is 2.12. The molecule has 18 heavy (non-hydrogen) atoms. The third-order valence-corrected chi connectivity index (χ3v) is 2.64. The summed E-state index contributed by atoms with van der Waals surface area (Å²) < 4.78 is 18.6. The van der Waals surface area contributed by atoms with E-state index < -0.39 is 0 Å². The van der Waals surface area contributed by atoms with Gasteiger partial charge in [-0.25, -0.2) is 4.39 Å². The Balaban J connectivity index is 2.18. The minimum absolute atomic E-state index is 0.240. The van der Waals surface area contributed by atoms with Gasteiger partial charge in [0.15, 0.2) is 6.29 Å². The summed E-state index contributed by atoms with van der Waals surface area (Å²) in [6, 6.07) is 11.6. The molecule has 0 aliphatic rings. The van der Waals surface area contributed by atoms with Crippen LogP contribution in [0, 0.1) is 12.7 Å². The third kappa shape index (κ3) is 2.74. The van der Waals surface area contributed by atoms with Crippen LogP contribution in [0.3, 0.4) is 0 Å². The van der Waals surface area contributed by atoms with Crippen LogP contribution < -0.4 is 4.74 Å². The highest BCUT2D eigenvalue weighted by molar-refractivity contribution is 5.80. The second-order valence-electron chi connectivity index (χ2n) is 4.03. The first-order valence-corrected chi connectivity index (χ1v) is 5.63. The lowest BCUT2D eigenvalue weighted by atomic mass is 10.1. The summed E-state index contributed by atoms with van der Waals surface area (Å²) in [5, 5.41) is 0. The number of halogens is 1. The van der Waals surface area contributed by atoms with Crippen molar-refractivity contribution < 1.29 is 13.9 Å². The normalized spacial score (nSPS) is 10.1. The zero-order valence-corrected chi connectivity index (χ0v) is 10.0. The summed E-state index contributed by atoms with van der Waals surface area (Å²) in [7, 11) is 0. The number of aryl methyl sites for hydroxylation is 1. The van der Waals surface area contributed by atoms with Gasteiger partial charge in [0.2, 0.25) is 0 Å². The minimum Gasteiger partial charge on any atom is -0.488 e. The molecule has 2 aromatic carbocycles. The maximum absolute atomic E-state index is 13.0. The average Bonchev–Trinajstić information content (AvgIpc) is 2.37. The predicted molar refractivity (Wildman–Crippen MR) is 67.3 cm³/mol. The van der Waals surface area contributed by atoms with E-state index >= 15 is 0 Å². The third-order valence-electron chi connectivity index (χ3n) is 2.64. The average molecular weight is 244 g/mol. The quantitative estimate of drug-likeness (QED) is 0.769. The largest absolute Gasteiger partial charge is 0.488 e. The van der Waals surface area contributed by atoms with Gasteiger partial charge in [0, 0.05) is 0 Å². The molecule has 0 saturated heterocycles. The Labute approximate surface area is 105 Å². The number of carbonyl (C=O) groups excluding carboxylic acids is 1. The maximum atomic E-state index is 13.0. The fourth-order valence-electron chi connectivity index (χ4n) is 1.75. The van der Waals surface area contributed by atoms with Crippen LogP contribution in [0.5, 0.6) is 5.75 Å². The van der Waals surface area contributed by atoms with Crippen molar-refractivity contribution >= 4 is 6.29 Å². The summed E-state index contributed by atoms with van der Waals surface area (Å²) >= 11 is 0. The summed E-state index contributed by atoms with van der Waals surface area (Å²) in [4.78, 5) is 10.9. The van der Waals surface area contributed by atoms with E-state index in [0.29, 0.717) is 11.3 Å². The van der Waals surface area contributed by atoms with E-state index in [1.54, 1.807) is 24.3 Å². The number of hydrogen-bond donors (Lipinski definition) is 0. The zero-order valence-electron chi connectivity index (χ0n) is 10.0. The first-order chi connectivity index (χ1) is 8.70. The maximum Gasteiger partial charge on any atom is 0.153 e. The smallest absolute Gasteiger partial charge is 0.153 e. The predicted octanol–water partition coefficient (Wildman–Crippen LogP) is 3.53. The zero-order chi connectivity index (χ0) is 13.0. The number of benzene rings is 2. The molecule has 0 fully saturated rings. The molecule has 0 spiro atoms. The SMILES string of the molecule is Cc1cccc(C=O)c1OCc1cccc(F)c1. The number of rotatable bonds is 4. The standard InChI is InChI=1S/C15H13FO2/c1-11-4-2-6-13(9-17)15(11)18-10-12-5-3-7-14(16)8-12/h2-9H,10H2,1H3. The van der Waals surface area contributed by atoms with Gasteiger partial charge in [-0.15, -0.1) is 0 Å². The Hall–Kier alpha value is -2.16. The molecule has 3 heteroatoms. The number of aldehydes is 1. The fraction of sp³-hybridized carbons (Fsp3) is 0.133. The Morgan fingerprint density at radius 1 is 1.22 bits per heavy atom. The molecule has 0 radical (unpaired) electrons. The monoisotopic (exact) mass is 244 g/mol. The second kappa shape index (κ2) is 5.45. The Morgan fingerprint density at radius 3 is 2.72 bits per heavy atom. The molecule has 2 aromatic rings. The van der Waals surface area contributed by atoms with Gasteiger partial charge >= 0.3 is 0 Å². The van der Waals surface area contributed by atoms with Crippen LogP contribution >= 0.6 is 0 Å². The Morgan fingerprint density at radius 2 is 2.00 bits per heavy atom. The molecule has 0 bridgehead atoms. The number of hydrogen-bond acceptors (Lipinski definition) is 2. The molecule has 0 saturated carbocycles. The molecule has 0 atom stereocenters. The first kappa shape index (κ1) is 12.3. The van der Waals surface area contributed by atoms with Gasteiger partial charge in [0.1, 0.15) is 18.2 Å². The summed E-state index contributed by atoms with van der Waals surface area (Å²) in [6.45, 7) is 2.11. The molecule has 0 heterocycles. The topological polar surface area (TPSA) is 26.3 Å². The van der Waals surface area contributed by atoms with Crippen molar-refractivity contribution in [2.45, 2.75) is 13.5 Å². The highest BCUT2D eigenvalue weighted by Crippen LogP contribution is 2.23. The molecule has 92 valence electrons. The molecule has 0 unspecified atom stereocenters. The molecule has 0 aromatic heterocycles. The van der Waals surface area contributed by atoms with Crippen LogP contribution in [0.4, 0.5) is 4.39 Å². The van der Waals surface area contributed by atoms with Gasteiger partial charge < -0.3 is 4.74 Å². The van der Waals surface area contributed by atoms with Gasteiger partial charge in [-0.3, -0.25) is 4.79 Å². The first-order valence-electron chi connectivity index (χ1n) is 5.63. The lowest BCUT2D eigenvalue weighted by molar-refractivity contribution is 0.111. The molecule has 0 N–H and O–H groups in total. The van der Waals surface area contributed by atoms with E-state index in [-0.39, 0.29) is 12.4 Å². The van der Waals surface area contributed by atoms with E-state index in [1.807, 2.05) is 13.0 Å². The number of ether oxygens (including phenoxy) is 1. The van der Waals surface area contributed by atoms with Crippen LogP contribution in [-0.2, 0) is 6.61 Å². The van der Waals surface area contributed by atoms with E-state index in [9.17, 15) is 9.18 Å². The van der Waals surface area contributed by atoms with Gasteiger partial charge in [-0.2, -0.15) is 0 Å². The van der Waals surface area contributed by atoms with Gasteiger partial charge in [0.25, 0.3) is 0 Å². The van der Waals surface area contributed by atoms with Crippen molar-refractivity contribution in [3.8, 4) is 5.75 Å². The van der Waals surface area contributed by atoms with Crippen molar-refractivity contribution in [2.75, 3.05) is 0 Å². The summed E-state index contributed by atoms with van der Waals surface area (Å²) in [5.74, 6) is 0.258. The molecule has 2 nitrogen and oxygen atoms in total. The number of carbonyl (C=O) groups is 1. The molecule has 2 rings (SSSR count). The van der Waals surface area contributed by atoms with Crippen LogP contribution in [-0.4, -0.2) is 6.29 Å². The van der Waals surface area contributed by atoms with Crippen LogP contribution in [0.15, 0.2) is 42.5 Å². The van der Waals surface area contributed by atoms with E-state index in [1.165, 1.54) is 12.1 Å². The van der Waals surface area contributed by atoms with E-state index in [0.717, 1.165) is 17.4 Å². The second-order valence-corrected chi connectivity index (χ2v) is 4.03. The van der Waals surface area contributed by atoms with E-state index in [2.05, 4.69) is 0 Å². The highest BCUT2D eigenvalue weighted by atomic mass is 19.1. The highest BCUT2D eigenvalue weighted by Gasteiger charge is 2.06. The van der Waals surface area contributed by atoms with Crippen molar-refractivity contribution in [2.24, 2.45) is 0 Å². The van der Waals surface area contributed by atoms with E-state index in [4.69, 9.17) is 4.74 Å². The molecule has 0 aliphatic heterocycles. The van der Waals surface area contributed by atoms with Crippen molar-refractivity contribution in [1.82, 2.24) is 0 Å². The Kier molecular flexibility index (Phi) is 3.72. The van der Waals surface area contributed by atoms with Crippen molar-refractivity contribution in [1.29, 1.82) is 0 Å². The molecule has 0 amide bonds. The van der Waals surface area contributed by atoms with Crippen molar-refractivity contribution in [3.63, 3.8) is 0 Å². The van der Waals surface area contributed by atoms with Gasteiger partial charge in [-0.05, 0) is 36.2 Å². The lowest BCUT2D eigenvalue weighted by Crippen LogP contribution is -2.00. The van der Waals surface area contributed by atoms with Crippen LogP contribution in [0.2, 0.25) is 0 Å².